The number of carbonyl (C=O) groups excluding carboxylic acids is 2. The molecule has 0 aliphatic carbocycles. The van der Waals surface area contributed by atoms with Crippen LogP contribution in [0.1, 0.15) is 109 Å². The first-order chi connectivity index (χ1) is 16.2. The second-order valence-corrected chi connectivity index (χ2v) is 8.37. The van der Waals surface area contributed by atoms with Gasteiger partial charge in [-0.05, 0) is 26.2 Å². The monoisotopic (exact) mass is 494 g/mol. The Bertz CT molecular complexity index is 756. The predicted octanol–water partition coefficient (Wildman–Crippen LogP) is 7.62. The lowest BCUT2D eigenvalue weighted by Crippen LogP contribution is -2.15. The first-order valence-corrected chi connectivity index (χ1v) is 12.1. The van der Waals surface area contributed by atoms with Crippen molar-refractivity contribution < 1.29 is 41.0 Å². The number of hydrogen-bond donors (Lipinski definition) is 0. The van der Waals surface area contributed by atoms with Crippen LogP contribution in [-0.4, -0.2) is 18.5 Å². The van der Waals surface area contributed by atoms with Crippen molar-refractivity contribution in [1.82, 2.24) is 0 Å². The summed E-state index contributed by atoms with van der Waals surface area (Å²) in [6.45, 7) is 3.67. The highest BCUT2D eigenvalue weighted by molar-refractivity contribution is 5.69. The fourth-order valence-electron chi connectivity index (χ4n) is 3.50. The molecule has 0 heterocycles. The SMILES string of the molecule is CCCCCCCOC(=O)CCCCCCCCC(=O)OC(C)c1c(F)c(F)c(F)c(F)c1F. The summed E-state index contributed by atoms with van der Waals surface area (Å²) in [5.74, 6) is -11.4. The summed E-state index contributed by atoms with van der Waals surface area (Å²) >= 11 is 0. The fraction of sp³-hybridized carbons (Fsp3) is 0.680. The van der Waals surface area contributed by atoms with Crippen molar-refractivity contribution in [2.24, 2.45) is 0 Å². The molecule has 194 valence electrons. The minimum Gasteiger partial charge on any atom is -0.466 e. The standard InChI is InChI=1S/C25H35F5O4/c1-3-4-5-10-13-16-33-18(31)14-11-8-6-7-9-12-15-19(32)34-17(2)20-21(26)23(28)25(30)24(29)22(20)27/h17H,3-16H2,1-2H3. The van der Waals surface area contributed by atoms with Crippen LogP contribution >= 0.6 is 0 Å². The average molecular weight is 495 g/mol. The van der Waals surface area contributed by atoms with Crippen molar-refractivity contribution in [1.29, 1.82) is 0 Å². The van der Waals surface area contributed by atoms with Gasteiger partial charge in [-0.25, -0.2) is 22.0 Å². The van der Waals surface area contributed by atoms with Gasteiger partial charge in [0.1, 0.15) is 6.10 Å². The van der Waals surface area contributed by atoms with Crippen molar-refractivity contribution in [2.75, 3.05) is 6.61 Å². The third-order valence-electron chi connectivity index (χ3n) is 5.48. The van der Waals surface area contributed by atoms with Gasteiger partial charge in [0, 0.05) is 12.8 Å². The Morgan fingerprint density at radius 3 is 1.65 bits per heavy atom. The topological polar surface area (TPSA) is 52.6 Å². The minimum atomic E-state index is -2.26. The molecule has 0 saturated heterocycles. The molecule has 0 bridgehead atoms. The van der Waals surface area contributed by atoms with Gasteiger partial charge >= 0.3 is 11.9 Å². The van der Waals surface area contributed by atoms with Gasteiger partial charge in [-0.1, -0.05) is 58.3 Å². The number of hydrogen-bond acceptors (Lipinski definition) is 4. The lowest BCUT2D eigenvalue weighted by molar-refractivity contribution is -0.149. The summed E-state index contributed by atoms with van der Waals surface area (Å²) in [7, 11) is 0. The van der Waals surface area contributed by atoms with Crippen molar-refractivity contribution in [3.05, 3.63) is 34.6 Å². The Morgan fingerprint density at radius 1 is 0.647 bits per heavy atom. The third kappa shape index (κ3) is 10.4. The molecule has 34 heavy (non-hydrogen) atoms. The summed E-state index contributed by atoms with van der Waals surface area (Å²) in [4.78, 5) is 23.5. The van der Waals surface area contributed by atoms with Crippen LogP contribution in [0.5, 0.6) is 0 Å². The molecule has 0 spiro atoms. The molecular formula is C25H35F5O4. The van der Waals surface area contributed by atoms with E-state index in [0.717, 1.165) is 51.9 Å². The molecule has 0 saturated carbocycles. The number of unbranched alkanes of at least 4 members (excludes halogenated alkanes) is 9. The summed E-state index contributed by atoms with van der Waals surface area (Å²) in [6, 6.07) is 0. The Hall–Kier alpha value is -2.19. The molecule has 1 unspecified atom stereocenters. The molecule has 1 aromatic rings. The van der Waals surface area contributed by atoms with E-state index in [1.807, 2.05) is 0 Å². The first-order valence-electron chi connectivity index (χ1n) is 12.1. The quantitative estimate of drug-likeness (QED) is 0.0735. The van der Waals surface area contributed by atoms with Gasteiger partial charge in [-0.15, -0.1) is 0 Å². The first kappa shape index (κ1) is 29.8. The second-order valence-electron chi connectivity index (χ2n) is 8.37. The Kier molecular flexibility index (Phi) is 14.4. The van der Waals surface area contributed by atoms with E-state index in [9.17, 15) is 31.5 Å². The minimum absolute atomic E-state index is 0.0374. The highest BCUT2D eigenvalue weighted by Crippen LogP contribution is 2.29. The number of rotatable bonds is 17. The molecule has 0 aliphatic rings. The molecule has 0 fully saturated rings. The van der Waals surface area contributed by atoms with Crippen LogP contribution in [0.3, 0.4) is 0 Å². The smallest absolute Gasteiger partial charge is 0.306 e. The molecule has 0 radical (unpaired) electrons. The van der Waals surface area contributed by atoms with Crippen molar-refractivity contribution in [3.8, 4) is 0 Å². The van der Waals surface area contributed by atoms with Gasteiger partial charge < -0.3 is 9.47 Å². The zero-order valence-corrected chi connectivity index (χ0v) is 20.0. The molecule has 9 heteroatoms. The van der Waals surface area contributed by atoms with Gasteiger partial charge in [0.25, 0.3) is 0 Å². The average Bonchev–Trinajstić information content (AvgIpc) is 2.80. The Balaban J connectivity index is 2.15. The summed E-state index contributed by atoms with van der Waals surface area (Å²) in [5, 5.41) is 0. The van der Waals surface area contributed by atoms with Crippen LogP contribution in [0.25, 0.3) is 0 Å². The zero-order valence-electron chi connectivity index (χ0n) is 20.0. The highest BCUT2D eigenvalue weighted by Gasteiger charge is 2.30. The molecule has 4 nitrogen and oxygen atoms in total. The molecule has 0 amide bonds. The number of ether oxygens (including phenoxy) is 2. The molecule has 1 atom stereocenters. The zero-order chi connectivity index (χ0) is 25.5. The molecule has 1 rings (SSSR count). The Labute approximate surface area is 198 Å². The van der Waals surface area contributed by atoms with Crippen LogP contribution in [-0.2, 0) is 19.1 Å². The van der Waals surface area contributed by atoms with Crippen molar-refractivity contribution in [3.63, 3.8) is 0 Å². The predicted molar refractivity (Wildman–Crippen MR) is 117 cm³/mol. The normalized spacial score (nSPS) is 12.0. The maximum absolute atomic E-state index is 13.8. The lowest BCUT2D eigenvalue weighted by atomic mass is 10.1. The molecule has 1 aromatic carbocycles. The van der Waals surface area contributed by atoms with Gasteiger partial charge in [0.2, 0.25) is 5.82 Å². The van der Waals surface area contributed by atoms with E-state index in [0.29, 0.717) is 25.9 Å². The number of benzene rings is 1. The van der Waals surface area contributed by atoms with E-state index < -0.39 is 46.7 Å². The maximum Gasteiger partial charge on any atom is 0.306 e. The molecule has 0 aliphatic heterocycles. The molecule has 0 N–H and O–H groups in total. The van der Waals surface area contributed by atoms with E-state index in [2.05, 4.69) is 6.92 Å². The van der Waals surface area contributed by atoms with E-state index in [1.54, 1.807) is 0 Å². The highest BCUT2D eigenvalue weighted by atomic mass is 19.2. The van der Waals surface area contributed by atoms with E-state index in [-0.39, 0.29) is 12.4 Å². The number of esters is 2. The van der Waals surface area contributed by atoms with E-state index in [4.69, 9.17) is 9.47 Å². The molecular weight excluding hydrogens is 459 g/mol. The van der Waals surface area contributed by atoms with E-state index >= 15 is 0 Å². The third-order valence-corrected chi connectivity index (χ3v) is 5.48. The van der Waals surface area contributed by atoms with Crippen molar-refractivity contribution in [2.45, 2.75) is 103 Å². The van der Waals surface area contributed by atoms with Gasteiger partial charge in [0.05, 0.1) is 12.2 Å². The van der Waals surface area contributed by atoms with Gasteiger partial charge in [-0.2, -0.15) is 0 Å². The molecule has 0 aromatic heterocycles. The van der Waals surface area contributed by atoms with Crippen LogP contribution in [0, 0.1) is 29.1 Å². The Morgan fingerprint density at radius 2 is 1.09 bits per heavy atom. The van der Waals surface area contributed by atoms with Crippen LogP contribution in [0.2, 0.25) is 0 Å². The number of halogens is 5. The fourth-order valence-corrected chi connectivity index (χ4v) is 3.50. The lowest BCUT2D eigenvalue weighted by Gasteiger charge is -2.16. The van der Waals surface area contributed by atoms with E-state index in [1.165, 1.54) is 12.8 Å². The number of carbonyl (C=O) groups is 2. The summed E-state index contributed by atoms with van der Waals surface area (Å²) < 4.78 is 77.3. The summed E-state index contributed by atoms with van der Waals surface area (Å²) in [5.41, 5.74) is -1.17. The van der Waals surface area contributed by atoms with Crippen molar-refractivity contribution >= 4 is 11.9 Å². The summed E-state index contributed by atoms with van der Waals surface area (Å²) in [6.07, 6.45) is 8.69. The van der Waals surface area contributed by atoms with Crippen LogP contribution in [0.15, 0.2) is 0 Å². The van der Waals surface area contributed by atoms with Gasteiger partial charge in [0.15, 0.2) is 23.3 Å². The largest absolute Gasteiger partial charge is 0.466 e. The maximum atomic E-state index is 13.8. The van der Waals surface area contributed by atoms with Gasteiger partial charge in [-0.3, -0.25) is 9.59 Å². The van der Waals surface area contributed by atoms with Crippen LogP contribution < -0.4 is 0 Å². The second kappa shape index (κ2) is 16.4. The van der Waals surface area contributed by atoms with Crippen LogP contribution in [0.4, 0.5) is 22.0 Å².